The average molecular weight is 354 g/mol. The van der Waals surface area contributed by atoms with Gasteiger partial charge in [-0.15, -0.1) is 0 Å². The molecule has 1 amide bonds. The zero-order valence-corrected chi connectivity index (χ0v) is 12.0. The average Bonchev–Trinajstić information content (AvgIpc) is 2.22. The zero-order chi connectivity index (χ0) is 12.1. The second-order valence-corrected chi connectivity index (χ2v) is 5.03. The quantitative estimate of drug-likeness (QED) is 0.845. The van der Waals surface area contributed by atoms with Crippen molar-refractivity contribution < 1.29 is 9.53 Å². The van der Waals surface area contributed by atoms with Gasteiger partial charge in [0.05, 0.1) is 11.6 Å². The van der Waals surface area contributed by atoms with E-state index in [1.54, 1.807) is 19.2 Å². The molecule has 0 radical (unpaired) electrons. The van der Waals surface area contributed by atoms with Crippen LogP contribution in [0.4, 0.5) is 0 Å². The van der Waals surface area contributed by atoms with Crippen molar-refractivity contribution in [3.8, 4) is 0 Å². The van der Waals surface area contributed by atoms with Crippen LogP contribution in [0.1, 0.15) is 17.3 Å². The van der Waals surface area contributed by atoms with E-state index in [9.17, 15) is 4.79 Å². The van der Waals surface area contributed by atoms with Gasteiger partial charge >= 0.3 is 0 Å². The molecule has 1 rings (SSSR count). The van der Waals surface area contributed by atoms with Crippen molar-refractivity contribution in [2.24, 2.45) is 0 Å². The fourth-order valence-corrected chi connectivity index (χ4v) is 1.75. The summed E-state index contributed by atoms with van der Waals surface area (Å²) >= 11 is 8.06. The molecule has 3 nitrogen and oxygen atoms in total. The van der Waals surface area contributed by atoms with E-state index in [0.29, 0.717) is 17.2 Å². The van der Waals surface area contributed by atoms with Gasteiger partial charge in [0.2, 0.25) is 0 Å². The highest BCUT2D eigenvalue weighted by Crippen LogP contribution is 2.19. The molecule has 1 aromatic rings. The van der Waals surface area contributed by atoms with Gasteiger partial charge in [-0.05, 0) is 47.7 Å². The predicted molar refractivity (Wildman–Crippen MR) is 73.0 cm³/mol. The Morgan fingerprint density at radius 2 is 2.31 bits per heavy atom. The van der Waals surface area contributed by atoms with Crippen LogP contribution in [0.2, 0.25) is 5.02 Å². The van der Waals surface area contributed by atoms with E-state index in [-0.39, 0.29) is 11.9 Å². The second kappa shape index (κ2) is 6.42. The van der Waals surface area contributed by atoms with Crippen molar-refractivity contribution >= 4 is 40.1 Å². The van der Waals surface area contributed by atoms with E-state index >= 15 is 0 Å². The highest BCUT2D eigenvalue weighted by atomic mass is 127. The Balaban J connectivity index is 2.69. The van der Waals surface area contributed by atoms with E-state index in [0.717, 1.165) is 3.57 Å². The fourth-order valence-electron chi connectivity index (χ4n) is 1.24. The number of hydrogen-bond donors (Lipinski definition) is 1. The first-order chi connectivity index (χ1) is 7.54. The highest BCUT2D eigenvalue weighted by molar-refractivity contribution is 14.1. The summed E-state index contributed by atoms with van der Waals surface area (Å²) in [6, 6.07) is 5.22. The van der Waals surface area contributed by atoms with Crippen LogP contribution in [0, 0.1) is 3.57 Å². The van der Waals surface area contributed by atoms with Crippen LogP contribution in [0.3, 0.4) is 0 Å². The second-order valence-electron chi connectivity index (χ2n) is 3.46. The summed E-state index contributed by atoms with van der Waals surface area (Å²) in [7, 11) is 1.60. The topological polar surface area (TPSA) is 38.3 Å². The number of methoxy groups -OCH3 is 1. The van der Waals surface area contributed by atoms with Gasteiger partial charge in [-0.2, -0.15) is 0 Å². The Hall–Kier alpha value is -0.330. The molecule has 0 aliphatic heterocycles. The molecule has 1 N–H and O–H groups in total. The molecule has 0 aliphatic rings. The first kappa shape index (κ1) is 13.7. The molecule has 0 spiro atoms. The molecule has 1 atom stereocenters. The van der Waals surface area contributed by atoms with Gasteiger partial charge in [0.1, 0.15) is 0 Å². The number of hydrogen-bond acceptors (Lipinski definition) is 2. The van der Waals surface area contributed by atoms with Gasteiger partial charge in [0, 0.05) is 22.3 Å². The lowest BCUT2D eigenvalue weighted by molar-refractivity contribution is 0.0905. The molecule has 0 saturated carbocycles. The lowest BCUT2D eigenvalue weighted by Crippen LogP contribution is -2.35. The largest absolute Gasteiger partial charge is 0.383 e. The minimum atomic E-state index is -0.136. The van der Waals surface area contributed by atoms with Crippen molar-refractivity contribution in [2.45, 2.75) is 13.0 Å². The monoisotopic (exact) mass is 353 g/mol. The van der Waals surface area contributed by atoms with Gasteiger partial charge < -0.3 is 10.1 Å². The number of benzene rings is 1. The first-order valence-corrected chi connectivity index (χ1v) is 6.25. The van der Waals surface area contributed by atoms with E-state index < -0.39 is 0 Å². The Morgan fingerprint density at radius 1 is 1.62 bits per heavy atom. The number of rotatable bonds is 4. The van der Waals surface area contributed by atoms with Gasteiger partial charge in [-0.25, -0.2) is 0 Å². The minimum absolute atomic E-state index is 0.0180. The molecule has 5 heteroatoms. The Bertz CT molecular complexity index is 384. The summed E-state index contributed by atoms with van der Waals surface area (Å²) < 4.78 is 5.87. The summed E-state index contributed by atoms with van der Waals surface area (Å²) in [6.07, 6.45) is 0. The van der Waals surface area contributed by atoms with E-state index in [1.807, 2.05) is 13.0 Å². The number of nitrogens with one attached hydrogen (secondary N) is 1. The molecular weight excluding hydrogens is 340 g/mol. The fraction of sp³-hybridized carbons (Fsp3) is 0.364. The van der Waals surface area contributed by atoms with Crippen molar-refractivity contribution in [2.75, 3.05) is 13.7 Å². The Labute approximate surface area is 114 Å². The highest BCUT2D eigenvalue weighted by Gasteiger charge is 2.10. The van der Waals surface area contributed by atoms with Gasteiger partial charge in [-0.3, -0.25) is 4.79 Å². The maximum Gasteiger partial charge on any atom is 0.251 e. The number of carbonyl (C=O) groups excluding carboxylic acids is 1. The Kier molecular flexibility index (Phi) is 5.51. The number of ether oxygens (including phenoxy) is 1. The van der Waals surface area contributed by atoms with E-state index in [4.69, 9.17) is 16.3 Å². The summed E-state index contributed by atoms with van der Waals surface area (Å²) in [4.78, 5) is 11.8. The molecule has 0 aliphatic carbocycles. The van der Waals surface area contributed by atoms with E-state index in [2.05, 4.69) is 27.9 Å². The maximum absolute atomic E-state index is 11.8. The van der Waals surface area contributed by atoms with Crippen LogP contribution in [-0.2, 0) is 4.74 Å². The minimum Gasteiger partial charge on any atom is -0.383 e. The van der Waals surface area contributed by atoms with Gasteiger partial charge in [-0.1, -0.05) is 11.6 Å². The van der Waals surface area contributed by atoms with Crippen LogP contribution in [0.5, 0.6) is 0 Å². The Morgan fingerprint density at radius 3 is 2.88 bits per heavy atom. The van der Waals surface area contributed by atoms with Crippen molar-refractivity contribution in [1.82, 2.24) is 5.32 Å². The van der Waals surface area contributed by atoms with Crippen LogP contribution in [0.15, 0.2) is 18.2 Å². The summed E-state index contributed by atoms with van der Waals surface area (Å²) in [5.74, 6) is -0.136. The third kappa shape index (κ3) is 3.92. The molecule has 0 bridgehead atoms. The SMILES string of the molecule is COCC(C)NC(=O)c1ccc(I)c(Cl)c1. The van der Waals surface area contributed by atoms with Crippen LogP contribution in [-0.4, -0.2) is 25.7 Å². The van der Waals surface area contributed by atoms with Crippen LogP contribution in [0.25, 0.3) is 0 Å². The standard InChI is InChI=1S/C11H13ClINO2/c1-7(6-16-2)14-11(15)8-3-4-10(13)9(12)5-8/h3-5,7H,6H2,1-2H3,(H,14,15). The molecule has 0 aromatic heterocycles. The lowest BCUT2D eigenvalue weighted by atomic mass is 10.2. The van der Waals surface area contributed by atoms with Crippen molar-refractivity contribution in [3.63, 3.8) is 0 Å². The van der Waals surface area contributed by atoms with Crippen molar-refractivity contribution in [1.29, 1.82) is 0 Å². The molecule has 1 unspecified atom stereocenters. The molecular formula is C11H13ClINO2. The normalized spacial score (nSPS) is 12.2. The number of carbonyl (C=O) groups is 1. The molecule has 0 heterocycles. The first-order valence-electron chi connectivity index (χ1n) is 4.79. The lowest BCUT2D eigenvalue weighted by Gasteiger charge is -2.12. The van der Waals surface area contributed by atoms with Crippen LogP contribution < -0.4 is 5.32 Å². The van der Waals surface area contributed by atoms with Gasteiger partial charge in [0.15, 0.2) is 0 Å². The molecule has 88 valence electrons. The van der Waals surface area contributed by atoms with Crippen molar-refractivity contribution in [3.05, 3.63) is 32.4 Å². The maximum atomic E-state index is 11.8. The predicted octanol–water partition coefficient (Wildman–Crippen LogP) is 2.71. The summed E-state index contributed by atoms with van der Waals surface area (Å²) in [5, 5.41) is 3.41. The molecule has 1 aromatic carbocycles. The molecule has 0 saturated heterocycles. The molecule has 0 fully saturated rings. The van der Waals surface area contributed by atoms with Gasteiger partial charge in [0.25, 0.3) is 5.91 Å². The van der Waals surface area contributed by atoms with E-state index in [1.165, 1.54) is 0 Å². The molecule has 16 heavy (non-hydrogen) atoms. The third-order valence-electron chi connectivity index (χ3n) is 1.98. The van der Waals surface area contributed by atoms with Crippen LogP contribution >= 0.6 is 34.2 Å². The number of halogens is 2. The smallest absolute Gasteiger partial charge is 0.251 e. The summed E-state index contributed by atoms with van der Waals surface area (Å²) in [5.41, 5.74) is 0.563. The third-order valence-corrected chi connectivity index (χ3v) is 3.55. The summed E-state index contributed by atoms with van der Waals surface area (Å²) in [6.45, 7) is 2.37. The number of amides is 1. The zero-order valence-electron chi connectivity index (χ0n) is 9.09.